The van der Waals surface area contributed by atoms with Crippen LogP contribution in [-0.4, -0.2) is 0 Å². The molecule has 1 fully saturated rings. The average molecular weight is 311 g/mol. The molecule has 2 unspecified atom stereocenters. The zero-order chi connectivity index (χ0) is 16.6. The SMILES string of the molecule is C.CC(C)CC(C)(C)CC1CC(C)(C)CC(C)(C)C1C(C)C. The van der Waals surface area contributed by atoms with Gasteiger partial charge in [0.05, 0.1) is 0 Å². The molecule has 0 spiro atoms. The van der Waals surface area contributed by atoms with Crippen LogP contribution in [0.5, 0.6) is 0 Å². The van der Waals surface area contributed by atoms with Gasteiger partial charge in [0.25, 0.3) is 0 Å². The van der Waals surface area contributed by atoms with Gasteiger partial charge < -0.3 is 0 Å². The van der Waals surface area contributed by atoms with Crippen LogP contribution in [0.3, 0.4) is 0 Å². The van der Waals surface area contributed by atoms with E-state index < -0.39 is 0 Å². The molecule has 0 aliphatic heterocycles. The van der Waals surface area contributed by atoms with Gasteiger partial charge in [0.1, 0.15) is 0 Å². The van der Waals surface area contributed by atoms with Crippen molar-refractivity contribution in [2.45, 2.75) is 102 Å². The van der Waals surface area contributed by atoms with Crippen molar-refractivity contribution < 1.29 is 0 Å². The molecule has 0 saturated heterocycles. The summed E-state index contributed by atoms with van der Waals surface area (Å²) in [5, 5.41) is 0. The molecular formula is C22H46. The molecular weight excluding hydrogens is 264 g/mol. The van der Waals surface area contributed by atoms with Gasteiger partial charge in [-0.15, -0.1) is 0 Å². The Morgan fingerprint density at radius 2 is 1.50 bits per heavy atom. The summed E-state index contributed by atoms with van der Waals surface area (Å²) in [5.74, 6) is 3.37. The molecule has 0 heterocycles. The van der Waals surface area contributed by atoms with E-state index in [2.05, 4.69) is 69.2 Å². The van der Waals surface area contributed by atoms with Crippen LogP contribution in [0.2, 0.25) is 0 Å². The Hall–Kier alpha value is 0. The maximum atomic E-state index is 2.53. The minimum atomic E-state index is 0. The van der Waals surface area contributed by atoms with Crippen molar-refractivity contribution in [3.05, 3.63) is 0 Å². The molecule has 0 heteroatoms. The van der Waals surface area contributed by atoms with Crippen molar-refractivity contribution >= 4 is 0 Å². The Morgan fingerprint density at radius 3 is 1.91 bits per heavy atom. The fourth-order valence-corrected chi connectivity index (χ4v) is 6.44. The Balaban J connectivity index is 0.00000441. The third-order valence-electron chi connectivity index (χ3n) is 5.65. The highest BCUT2D eigenvalue weighted by Crippen LogP contribution is 2.57. The van der Waals surface area contributed by atoms with E-state index in [0.717, 1.165) is 23.7 Å². The topological polar surface area (TPSA) is 0 Å². The number of hydrogen-bond donors (Lipinski definition) is 0. The molecule has 1 rings (SSSR count). The van der Waals surface area contributed by atoms with Gasteiger partial charge in [-0.05, 0) is 65.6 Å². The molecule has 1 saturated carbocycles. The standard InChI is InChI=1S/C21H42.CH4/c1-15(2)11-19(5,6)12-17-13-20(7,8)14-21(9,10)18(17)16(3)4;/h15-18H,11-14H2,1-10H3;1H4. The van der Waals surface area contributed by atoms with Crippen molar-refractivity contribution in [1.82, 2.24) is 0 Å². The smallest absolute Gasteiger partial charge is 0.0311 e. The molecule has 0 amide bonds. The lowest BCUT2D eigenvalue weighted by atomic mass is 9.51. The predicted molar refractivity (Wildman–Crippen MR) is 103 cm³/mol. The maximum Gasteiger partial charge on any atom is -0.0311 e. The van der Waals surface area contributed by atoms with E-state index in [1.165, 1.54) is 25.7 Å². The van der Waals surface area contributed by atoms with Gasteiger partial charge in [-0.3, -0.25) is 0 Å². The predicted octanol–water partition coefficient (Wildman–Crippen LogP) is 7.82. The van der Waals surface area contributed by atoms with Crippen LogP contribution in [0, 0.1) is 39.9 Å². The second kappa shape index (κ2) is 7.27. The van der Waals surface area contributed by atoms with E-state index in [1.807, 2.05) is 0 Å². The minimum absolute atomic E-state index is 0. The highest BCUT2D eigenvalue weighted by molar-refractivity contribution is 4.97. The third kappa shape index (κ3) is 5.89. The monoisotopic (exact) mass is 310 g/mol. The van der Waals surface area contributed by atoms with E-state index >= 15 is 0 Å². The first-order chi connectivity index (χ1) is 9.26. The molecule has 0 N–H and O–H groups in total. The van der Waals surface area contributed by atoms with Crippen LogP contribution in [0.4, 0.5) is 0 Å². The average Bonchev–Trinajstić information content (AvgIpc) is 2.06. The lowest BCUT2D eigenvalue weighted by Crippen LogP contribution is -2.45. The first kappa shape index (κ1) is 22.0. The van der Waals surface area contributed by atoms with Crippen LogP contribution in [-0.2, 0) is 0 Å². The largest absolute Gasteiger partial charge is 0.0776 e. The molecule has 1 aliphatic carbocycles. The molecule has 2 atom stereocenters. The normalized spacial score (nSPS) is 27.8. The summed E-state index contributed by atoms with van der Waals surface area (Å²) in [4.78, 5) is 0. The number of hydrogen-bond acceptors (Lipinski definition) is 0. The van der Waals surface area contributed by atoms with Crippen molar-refractivity contribution in [2.24, 2.45) is 39.9 Å². The summed E-state index contributed by atoms with van der Waals surface area (Å²) in [6, 6.07) is 0. The molecule has 22 heavy (non-hydrogen) atoms. The van der Waals surface area contributed by atoms with Gasteiger partial charge in [-0.25, -0.2) is 0 Å². The van der Waals surface area contributed by atoms with E-state index in [-0.39, 0.29) is 7.43 Å². The molecule has 0 aromatic heterocycles. The second-order valence-corrected chi connectivity index (χ2v) is 11.0. The Bertz CT molecular complexity index is 330. The summed E-state index contributed by atoms with van der Waals surface area (Å²) in [7, 11) is 0. The van der Waals surface area contributed by atoms with E-state index in [0.29, 0.717) is 16.2 Å². The Kier molecular flexibility index (Phi) is 7.27. The summed E-state index contributed by atoms with van der Waals surface area (Å²) in [6.45, 7) is 24.7. The third-order valence-corrected chi connectivity index (χ3v) is 5.65. The summed E-state index contributed by atoms with van der Waals surface area (Å²) >= 11 is 0. The molecule has 0 aromatic carbocycles. The van der Waals surface area contributed by atoms with Crippen LogP contribution < -0.4 is 0 Å². The van der Waals surface area contributed by atoms with Crippen molar-refractivity contribution in [3.63, 3.8) is 0 Å². The van der Waals surface area contributed by atoms with Crippen LogP contribution in [0.15, 0.2) is 0 Å². The summed E-state index contributed by atoms with van der Waals surface area (Å²) in [5.41, 5.74) is 1.47. The molecule has 0 radical (unpaired) electrons. The highest BCUT2D eigenvalue weighted by atomic mass is 14.5. The fraction of sp³-hybridized carbons (Fsp3) is 1.00. The quantitative estimate of drug-likeness (QED) is 0.485. The Labute approximate surface area is 142 Å². The number of rotatable bonds is 5. The zero-order valence-corrected chi connectivity index (χ0v) is 16.6. The maximum absolute atomic E-state index is 2.53. The van der Waals surface area contributed by atoms with Crippen LogP contribution >= 0.6 is 0 Å². The molecule has 0 nitrogen and oxygen atoms in total. The van der Waals surface area contributed by atoms with E-state index in [4.69, 9.17) is 0 Å². The van der Waals surface area contributed by atoms with Gasteiger partial charge in [-0.2, -0.15) is 0 Å². The van der Waals surface area contributed by atoms with Gasteiger partial charge in [0.15, 0.2) is 0 Å². The Morgan fingerprint density at radius 1 is 1.00 bits per heavy atom. The first-order valence-electron chi connectivity index (χ1n) is 9.26. The van der Waals surface area contributed by atoms with Crippen LogP contribution in [0.25, 0.3) is 0 Å². The van der Waals surface area contributed by atoms with Gasteiger partial charge in [-0.1, -0.05) is 76.7 Å². The second-order valence-electron chi connectivity index (χ2n) is 11.0. The lowest BCUT2D eigenvalue weighted by Gasteiger charge is -2.54. The van der Waals surface area contributed by atoms with E-state index in [1.54, 1.807) is 0 Å². The zero-order valence-electron chi connectivity index (χ0n) is 16.6. The van der Waals surface area contributed by atoms with Gasteiger partial charge in [0.2, 0.25) is 0 Å². The van der Waals surface area contributed by atoms with Gasteiger partial charge >= 0.3 is 0 Å². The molecule has 134 valence electrons. The van der Waals surface area contributed by atoms with Crippen molar-refractivity contribution in [2.75, 3.05) is 0 Å². The first-order valence-corrected chi connectivity index (χ1v) is 9.26. The van der Waals surface area contributed by atoms with Gasteiger partial charge in [0, 0.05) is 0 Å². The van der Waals surface area contributed by atoms with Crippen molar-refractivity contribution in [1.29, 1.82) is 0 Å². The molecule has 0 aromatic rings. The van der Waals surface area contributed by atoms with Crippen LogP contribution in [0.1, 0.15) is 102 Å². The lowest BCUT2D eigenvalue weighted by molar-refractivity contribution is -0.0450. The fourth-order valence-electron chi connectivity index (χ4n) is 6.44. The summed E-state index contributed by atoms with van der Waals surface area (Å²) < 4.78 is 0. The molecule has 1 aliphatic rings. The minimum Gasteiger partial charge on any atom is -0.0776 e. The summed E-state index contributed by atoms with van der Waals surface area (Å²) in [6.07, 6.45) is 5.56. The van der Waals surface area contributed by atoms with E-state index in [9.17, 15) is 0 Å². The highest BCUT2D eigenvalue weighted by Gasteiger charge is 2.48. The molecule has 0 bridgehead atoms. The van der Waals surface area contributed by atoms with Crippen molar-refractivity contribution in [3.8, 4) is 0 Å².